The third-order valence-corrected chi connectivity index (χ3v) is 0.693. The lowest BCUT2D eigenvalue weighted by Gasteiger charge is -1.58. The van der Waals surface area contributed by atoms with Crippen LogP contribution >= 0.6 is 7.55 Å². The van der Waals surface area contributed by atoms with Crippen LogP contribution in [0.4, 0.5) is 0 Å². The summed E-state index contributed by atoms with van der Waals surface area (Å²) in [5.41, 5.74) is 0. The van der Waals surface area contributed by atoms with E-state index in [0.717, 1.165) is 0 Å². The van der Waals surface area contributed by atoms with E-state index in [4.69, 9.17) is 5.11 Å². The van der Waals surface area contributed by atoms with Gasteiger partial charge in [-0.25, -0.2) is 0 Å². The van der Waals surface area contributed by atoms with Crippen molar-refractivity contribution < 1.29 is 5.11 Å². The molecule has 0 saturated carbocycles. The summed E-state index contributed by atoms with van der Waals surface area (Å²) in [6.07, 6.45) is 0. The van der Waals surface area contributed by atoms with Crippen LogP contribution in [0.25, 0.3) is 0 Å². The molecule has 1 N–H and O–H groups in total. The first-order valence-electron chi connectivity index (χ1n) is 1.41. The van der Waals surface area contributed by atoms with Gasteiger partial charge in [-0.1, -0.05) is 0 Å². The molecule has 0 aliphatic rings. The van der Waals surface area contributed by atoms with Gasteiger partial charge in [-0.05, 0) is 0 Å². The molecular weight excluding hydrogens is 83.0 g/mol. The van der Waals surface area contributed by atoms with Gasteiger partial charge >= 0.3 is 0 Å². The minimum Gasteiger partial charge on any atom is -0.333 e. The molecule has 0 heterocycles. The quantitative estimate of drug-likeness (QED) is 0.438. The van der Waals surface area contributed by atoms with Crippen molar-refractivity contribution >= 4 is 13.5 Å². The highest BCUT2D eigenvalue weighted by Crippen LogP contribution is 2.03. The maximum Gasteiger partial charge on any atom is 0.209 e. The van der Waals surface area contributed by atoms with E-state index in [1.165, 1.54) is 5.98 Å². The summed E-state index contributed by atoms with van der Waals surface area (Å²) >= 11 is 0. The zero-order chi connectivity index (χ0) is 4.28. The minimum atomic E-state index is -0.168. The number of aliphatic hydroxyl groups excluding tert-OH is 1. The smallest absolute Gasteiger partial charge is 0.209 e. The van der Waals surface area contributed by atoms with Crippen molar-refractivity contribution in [3.8, 4) is 0 Å². The highest BCUT2D eigenvalue weighted by molar-refractivity contribution is 7.55. The third kappa shape index (κ3) is 4.13. The lowest BCUT2D eigenvalue weighted by molar-refractivity contribution is 0.592. The number of aliphatic hydroxyl groups is 1. The summed E-state index contributed by atoms with van der Waals surface area (Å²) in [7, 11) is -0.168. The molecular formula is C3H8OP+. The van der Waals surface area contributed by atoms with E-state index in [1.807, 2.05) is 13.3 Å². The molecule has 0 aliphatic carbocycles. The van der Waals surface area contributed by atoms with E-state index in [9.17, 15) is 0 Å². The molecule has 5 heavy (non-hydrogen) atoms. The van der Waals surface area contributed by atoms with Gasteiger partial charge in [-0.2, -0.15) is 0 Å². The average Bonchev–Trinajstić information content (AvgIpc) is 1.38. The Bertz CT molecular complexity index is 44.9. The first kappa shape index (κ1) is 5.13. The SMILES string of the molecule is C[P+](C)=CO. The molecule has 0 fully saturated rings. The Balaban J connectivity index is 3.14. The zero-order valence-electron chi connectivity index (χ0n) is 3.47. The molecule has 0 bridgehead atoms. The molecule has 0 aromatic carbocycles. The second-order valence-corrected chi connectivity index (χ2v) is 3.24. The van der Waals surface area contributed by atoms with Crippen molar-refractivity contribution in [2.75, 3.05) is 13.3 Å². The Hall–Kier alpha value is 0.130. The lowest BCUT2D eigenvalue weighted by atomic mass is 11.7. The molecule has 0 spiro atoms. The fourth-order valence-electron chi connectivity index (χ4n) is 0. The van der Waals surface area contributed by atoms with E-state index >= 15 is 0 Å². The molecule has 1 nitrogen and oxygen atoms in total. The van der Waals surface area contributed by atoms with Crippen LogP contribution in [0.3, 0.4) is 0 Å². The Labute approximate surface area is 33.0 Å². The zero-order valence-corrected chi connectivity index (χ0v) is 4.37. The van der Waals surface area contributed by atoms with Gasteiger partial charge in [0.15, 0.2) is 0 Å². The van der Waals surface area contributed by atoms with Crippen LogP contribution < -0.4 is 0 Å². The van der Waals surface area contributed by atoms with Crippen LogP contribution in [-0.2, 0) is 0 Å². The number of hydrogen-bond donors (Lipinski definition) is 1. The Morgan fingerprint density at radius 1 is 1.60 bits per heavy atom. The van der Waals surface area contributed by atoms with E-state index in [2.05, 4.69) is 0 Å². The van der Waals surface area contributed by atoms with Gasteiger partial charge in [-0.3, -0.25) is 0 Å². The molecule has 0 aromatic heterocycles. The minimum absolute atomic E-state index is 0.168. The van der Waals surface area contributed by atoms with Crippen molar-refractivity contribution in [1.29, 1.82) is 0 Å². The maximum atomic E-state index is 8.05. The summed E-state index contributed by atoms with van der Waals surface area (Å²) < 4.78 is 0. The number of rotatable bonds is 0. The second-order valence-electron chi connectivity index (χ2n) is 1.08. The van der Waals surface area contributed by atoms with Crippen molar-refractivity contribution in [3.05, 3.63) is 0 Å². The fourth-order valence-corrected chi connectivity index (χ4v) is 0. The summed E-state index contributed by atoms with van der Waals surface area (Å²) in [4.78, 5) is 0. The van der Waals surface area contributed by atoms with Gasteiger partial charge < -0.3 is 5.11 Å². The fraction of sp³-hybridized carbons (Fsp3) is 0.667. The van der Waals surface area contributed by atoms with Crippen molar-refractivity contribution in [2.45, 2.75) is 0 Å². The predicted molar refractivity (Wildman–Crippen MR) is 26.8 cm³/mol. The molecule has 2 heteroatoms. The predicted octanol–water partition coefficient (Wildman–Crippen LogP) is 0.860. The standard InChI is InChI=1S/C3H7OP/c1-5(2)3-4/h3H,1-2H3/p+1. The van der Waals surface area contributed by atoms with Gasteiger partial charge in [0.25, 0.3) is 0 Å². The summed E-state index contributed by atoms with van der Waals surface area (Å²) in [6, 6.07) is 0. The Morgan fingerprint density at radius 3 is 1.80 bits per heavy atom. The molecule has 30 valence electrons. The maximum absolute atomic E-state index is 8.05. The topological polar surface area (TPSA) is 20.2 Å². The van der Waals surface area contributed by atoms with E-state index in [1.54, 1.807) is 0 Å². The van der Waals surface area contributed by atoms with E-state index in [0.29, 0.717) is 0 Å². The van der Waals surface area contributed by atoms with Gasteiger partial charge in [0.2, 0.25) is 5.98 Å². The molecule has 0 aromatic rings. The molecule has 0 radical (unpaired) electrons. The monoisotopic (exact) mass is 91.0 g/mol. The van der Waals surface area contributed by atoms with Gasteiger partial charge in [0.05, 0.1) is 13.3 Å². The van der Waals surface area contributed by atoms with Crippen LogP contribution in [-0.4, -0.2) is 24.4 Å². The van der Waals surface area contributed by atoms with Crippen molar-refractivity contribution in [1.82, 2.24) is 0 Å². The summed E-state index contributed by atoms with van der Waals surface area (Å²) in [5, 5.41) is 8.05. The normalized spacial score (nSPS) is 7.00. The molecule has 0 atom stereocenters. The lowest BCUT2D eigenvalue weighted by Crippen LogP contribution is -1.57. The third-order valence-electron chi connectivity index (χ3n) is 0.231. The van der Waals surface area contributed by atoms with Crippen LogP contribution in [0.15, 0.2) is 0 Å². The van der Waals surface area contributed by atoms with E-state index in [-0.39, 0.29) is 7.55 Å². The van der Waals surface area contributed by atoms with Gasteiger partial charge in [0, 0.05) is 0 Å². The average molecular weight is 91.1 g/mol. The summed E-state index contributed by atoms with van der Waals surface area (Å²) in [6.45, 7) is 3.96. The van der Waals surface area contributed by atoms with Crippen LogP contribution in [0.1, 0.15) is 0 Å². The van der Waals surface area contributed by atoms with Gasteiger partial charge in [-0.15, -0.1) is 0 Å². The molecule has 0 unspecified atom stereocenters. The van der Waals surface area contributed by atoms with Crippen LogP contribution in [0.5, 0.6) is 0 Å². The molecule has 0 aliphatic heterocycles. The first-order valence-corrected chi connectivity index (χ1v) is 3.72. The Morgan fingerprint density at radius 2 is 1.80 bits per heavy atom. The van der Waals surface area contributed by atoms with Crippen LogP contribution in [0.2, 0.25) is 0 Å². The van der Waals surface area contributed by atoms with E-state index < -0.39 is 0 Å². The Kier molecular flexibility index (Phi) is 2.43. The van der Waals surface area contributed by atoms with Crippen LogP contribution in [0, 0.1) is 0 Å². The van der Waals surface area contributed by atoms with Gasteiger partial charge in [0.1, 0.15) is 7.55 Å². The largest absolute Gasteiger partial charge is 0.333 e. The van der Waals surface area contributed by atoms with Crippen molar-refractivity contribution in [2.24, 2.45) is 0 Å². The van der Waals surface area contributed by atoms with Crippen molar-refractivity contribution in [3.63, 3.8) is 0 Å². The first-order chi connectivity index (χ1) is 2.27. The highest BCUT2D eigenvalue weighted by atomic mass is 31.1. The molecule has 0 rings (SSSR count). The molecule has 0 saturated heterocycles. The number of hydrogen-bond acceptors (Lipinski definition) is 0. The summed E-state index contributed by atoms with van der Waals surface area (Å²) in [5.74, 6) is 1.23. The second kappa shape index (κ2) is 2.37. The highest BCUT2D eigenvalue weighted by Gasteiger charge is 1.77. The molecule has 0 amide bonds.